The molecule has 0 radical (unpaired) electrons. The molecule has 0 bridgehead atoms. The van der Waals surface area contributed by atoms with E-state index in [0.29, 0.717) is 17.4 Å². The molecule has 9 heteroatoms. The summed E-state index contributed by atoms with van der Waals surface area (Å²) in [5.74, 6) is -0.195. The van der Waals surface area contributed by atoms with Crippen molar-refractivity contribution in [1.82, 2.24) is 5.32 Å². The molecule has 0 aliphatic heterocycles. The first-order valence-corrected chi connectivity index (χ1v) is 24.0. The molecule has 316 valence electrons. The quantitative estimate of drug-likeness (QED) is 0.0277. The Hall–Kier alpha value is -0.760. The topological polar surface area (TPSA) is 108 Å². The van der Waals surface area contributed by atoms with Crippen molar-refractivity contribution in [3.63, 3.8) is 0 Å². The largest absolute Gasteiger partial charge is 0.756 e. The summed E-state index contributed by atoms with van der Waals surface area (Å²) in [4.78, 5) is 25.3. The molecular weight excluding hydrogens is 683 g/mol. The van der Waals surface area contributed by atoms with Gasteiger partial charge in [-0.2, -0.15) is 0 Å². The van der Waals surface area contributed by atoms with Crippen LogP contribution in [0.15, 0.2) is 12.2 Å². The lowest BCUT2D eigenvalue weighted by Crippen LogP contribution is -2.45. The monoisotopic (exact) mass is 773 g/mol. The third kappa shape index (κ3) is 39.3. The second-order valence-corrected chi connectivity index (χ2v) is 18.2. The number of quaternary nitrogens is 1. The maximum atomic E-state index is 12.8. The molecule has 0 saturated heterocycles. The van der Waals surface area contributed by atoms with Gasteiger partial charge in [-0.15, -0.1) is 0 Å². The number of phosphoric acid groups is 1. The Morgan fingerprint density at radius 2 is 1.02 bits per heavy atom. The Morgan fingerprint density at radius 1 is 0.642 bits per heavy atom. The highest BCUT2D eigenvalue weighted by molar-refractivity contribution is 7.45. The normalized spacial score (nSPS) is 14.5. The highest BCUT2D eigenvalue weighted by atomic mass is 31.2. The maximum Gasteiger partial charge on any atom is 0.268 e. The van der Waals surface area contributed by atoms with E-state index >= 15 is 0 Å². The summed E-state index contributed by atoms with van der Waals surface area (Å²) in [5, 5.41) is 13.8. The van der Waals surface area contributed by atoms with E-state index in [2.05, 4.69) is 19.2 Å². The number of likely N-dealkylation sites (N-methyl/N-ethyl adjacent to an activating group) is 1. The molecule has 0 rings (SSSR count). The zero-order chi connectivity index (χ0) is 39.3. The molecule has 0 heterocycles. The van der Waals surface area contributed by atoms with Gasteiger partial charge in [0.05, 0.1) is 39.9 Å². The van der Waals surface area contributed by atoms with Crippen LogP contribution in [0.4, 0.5) is 0 Å². The van der Waals surface area contributed by atoms with Crippen LogP contribution in [0.5, 0.6) is 0 Å². The van der Waals surface area contributed by atoms with E-state index in [-0.39, 0.29) is 19.1 Å². The van der Waals surface area contributed by atoms with Crippen LogP contribution in [-0.2, 0) is 18.4 Å². The lowest BCUT2D eigenvalue weighted by atomic mass is 10.0. The van der Waals surface area contributed by atoms with Gasteiger partial charge in [0, 0.05) is 6.42 Å². The van der Waals surface area contributed by atoms with Crippen LogP contribution in [0.1, 0.15) is 213 Å². The number of unbranched alkanes of at least 4 members (excludes halogenated alkanes) is 28. The Balaban J connectivity index is 4.32. The van der Waals surface area contributed by atoms with Crippen molar-refractivity contribution in [3.8, 4) is 0 Å². The minimum atomic E-state index is -4.58. The number of rotatable bonds is 41. The molecule has 0 spiro atoms. The smallest absolute Gasteiger partial charge is 0.268 e. The molecule has 3 atom stereocenters. The van der Waals surface area contributed by atoms with Crippen molar-refractivity contribution in [2.45, 2.75) is 225 Å². The molecule has 2 N–H and O–H groups in total. The summed E-state index contributed by atoms with van der Waals surface area (Å²) in [7, 11) is 1.27. The lowest BCUT2D eigenvalue weighted by molar-refractivity contribution is -0.870. The molecule has 0 aromatic heterocycles. The lowest BCUT2D eigenvalue weighted by Gasteiger charge is -2.29. The van der Waals surface area contributed by atoms with Crippen LogP contribution >= 0.6 is 7.82 Å². The fraction of sp³-hybridized carbons (Fsp3) is 0.932. The van der Waals surface area contributed by atoms with Crippen molar-refractivity contribution in [2.24, 2.45) is 0 Å². The number of nitrogens with one attached hydrogen (secondary N) is 1. The fourth-order valence-electron chi connectivity index (χ4n) is 6.62. The van der Waals surface area contributed by atoms with Gasteiger partial charge >= 0.3 is 0 Å². The third-order valence-electron chi connectivity index (χ3n) is 10.2. The SMILES string of the molecule is CCCCCCCCCCCC/C=C/C(O)C(COP(=O)([O-])OCC[N+](C)(C)C)NC(=O)CCCCCCCCCCCCCCCCCCCCC. The summed E-state index contributed by atoms with van der Waals surface area (Å²) < 4.78 is 23.2. The van der Waals surface area contributed by atoms with Crippen LogP contribution in [0, 0.1) is 0 Å². The van der Waals surface area contributed by atoms with E-state index in [1.54, 1.807) is 6.08 Å². The summed E-state index contributed by atoms with van der Waals surface area (Å²) >= 11 is 0. The average molecular weight is 773 g/mol. The summed E-state index contributed by atoms with van der Waals surface area (Å²) in [5.41, 5.74) is 0. The Kier molecular flexibility index (Phi) is 36.3. The number of allylic oxidation sites excluding steroid dienone is 1. The van der Waals surface area contributed by atoms with Crippen molar-refractivity contribution < 1.29 is 32.9 Å². The fourth-order valence-corrected chi connectivity index (χ4v) is 7.35. The molecule has 0 aromatic carbocycles. The minimum absolute atomic E-state index is 0.00200. The first-order chi connectivity index (χ1) is 25.5. The van der Waals surface area contributed by atoms with Gasteiger partial charge in [0.25, 0.3) is 7.82 Å². The van der Waals surface area contributed by atoms with Crippen LogP contribution in [0.3, 0.4) is 0 Å². The highest BCUT2D eigenvalue weighted by Crippen LogP contribution is 2.38. The summed E-state index contributed by atoms with van der Waals surface area (Å²) in [6.45, 7) is 4.65. The van der Waals surface area contributed by atoms with Crippen molar-refractivity contribution in [2.75, 3.05) is 40.9 Å². The number of phosphoric ester groups is 1. The third-order valence-corrected chi connectivity index (χ3v) is 11.2. The molecule has 53 heavy (non-hydrogen) atoms. The van der Waals surface area contributed by atoms with E-state index in [9.17, 15) is 19.4 Å². The highest BCUT2D eigenvalue weighted by Gasteiger charge is 2.23. The molecule has 0 aliphatic rings. The van der Waals surface area contributed by atoms with Gasteiger partial charge in [0.15, 0.2) is 0 Å². The molecule has 3 unspecified atom stereocenters. The molecule has 0 aromatic rings. The summed E-state index contributed by atoms with van der Waals surface area (Å²) in [6, 6.07) is -0.879. The van der Waals surface area contributed by atoms with Gasteiger partial charge in [0.2, 0.25) is 5.91 Å². The number of amides is 1. The number of nitrogens with zero attached hydrogens (tertiary/aromatic N) is 1. The molecular formula is C44H89N2O6P. The van der Waals surface area contributed by atoms with E-state index in [1.807, 2.05) is 27.2 Å². The Bertz CT molecular complexity index is 880. The standard InChI is InChI=1S/C44H89N2O6P/c1-6-8-10-12-14-16-18-20-21-22-23-24-25-26-28-30-32-34-36-38-44(48)45-42(41-52-53(49,50)51-40-39-46(3,4)5)43(47)37-35-33-31-29-27-19-17-15-13-11-9-7-2/h35,37,42-43,47H,6-34,36,38-41H2,1-5H3,(H-,45,48,49,50)/b37-35+. The Labute approximate surface area is 329 Å². The maximum absolute atomic E-state index is 12.8. The van der Waals surface area contributed by atoms with Gasteiger partial charge in [-0.3, -0.25) is 9.36 Å². The molecule has 0 fully saturated rings. The van der Waals surface area contributed by atoms with Crippen LogP contribution < -0.4 is 10.2 Å². The number of aliphatic hydroxyl groups is 1. The van der Waals surface area contributed by atoms with Crippen molar-refractivity contribution in [1.29, 1.82) is 0 Å². The molecule has 0 aliphatic carbocycles. The molecule has 0 saturated carbocycles. The predicted molar refractivity (Wildman–Crippen MR) is 224 cm³/mol. The van der Waals surface area contributed by atoms with Gasteiger partial charge < -0.3 is 28.8 Å². The van der Waals surface area contributed by atoms with Crippen LogP contribution in [-0.4, -0.2) is 68.5 Å². The predicted octanol–water partition coefficient (Wildman–Crippen LogP) is 11.7. The zero-order valence-corrected chi connectivity index (χ0v) is 36.6. The first kappa shape index (κ1) is 52.2. The molecule has 8 nitrogen and oxygen atoms in total. The second kappa shape index (κ2) is 36.9. The molecule has 1 amide bonds. The van der Waals surface area contributed by atoms with E-state index < -0.39 is 20.0 Å². The minimum Gasteiger partial charge on any atom is -0.756 e. The van der Waals surface area contributed by atoms with Crippen LogP contribution in [0.25, 0.3) is 0 Å². The second-order valence-electron chi connectivity index (χ2n) is 16.8. The van der Waals surface area contributed by atoms with Crippen molar-refractivity contribution >= 4 is 13.7 Å². The van der Waals surface area contributed by atoms with E-state index in [4.69, 9.17) is 9.05 Å². The van der Waals surface area contributed by atoms with Gasteiger partial charge in [-0.1, -0.05) is 199 Å². The van der Waals surface area contributed by atoms with Crippen molar-refractivity contribution in [3.05, 3.63) is 12.2 Å². The van der Waals surface area contributed by atoms with E-state index in [1.165, 1.54) is 154 Å². The van der Waals surface area contributed by atoms with Gasteiger partial charge in [-0.25, -0.2) is 0 Å². The Morgan fingerprint density at radius 3 is 1.42 bits per heavy atom. The number of carbonyl (C=O) groups excluding carboxylic acids is 1. The van der Waals surface area contributed by atoms with Gasteiger partial charge in [-0.05, 0) is 19.3 Å². The zero-order valence-electron chi connectivity index (χ0n) is 35.7. The van der Waals surface area contributed by atoms with E-state index in [0.717, 1.165) is 38.5 Å². The number of aliphatic hydroxyl groups excluding tert-OH is 1. The number of hydrogen-bond acceptors (Lipinski definition) is 6. The average Bonchev–Trinajstić information content (AvgIpc) is 3.10. The van der Waals surface area contributed by atoms with Gasteiger partial charge in [0.1, 0.15) is 13.2 Å². The first-order valence-electron chi connectivity index (χ1n) is 22.6. The number of carbonyl (C=O) groups is 1. The van der Waals surface area contributed by atoms with Crippen LogP contribution in [0.2, 0.25) is 0 Å². The number of hydrogen-bond donors (Lipinski definition) is 2. The summed E-state index contributed by atoms with van der Waals surface area (Å²) in [6.07, 6.45) is 41.1.